The molecule has 0 saturated heterocycles. The fourth-order valence-electron chi connectivity index (χ4n) is 3.96. The number of rotatable bonds is 8. The molecule has 0 unspecified atom stereocenters. The average molecular weight is 507 g/mol. The number of carbonyl (C=O) groups excluding carboxylic acids is 2. The Labute approximate surface area is 215 Å². The third-order valence-corrected chi connectivity index (χ3v) is 7.10. The first kappa shape index (κ1) is 25.6. The number of carbonyl (C=O) groups is 2. The van der Waals surface area contributed by atoms with Crippen molar-refractivity contribution in [3.63, 3.8) is 0 Å². The van der Waals surface area contributed by atoms with Crippen LogP contribution in [-0.2, 0) is 14.3 Å². The molecule has 188 valence electrons. The van der Waals surface area contributed by atoms with Crippen molar-refractivity contribution in [2.75, 3.05) is 39.2 Å². The van der Waals surface area contributed by atoms with Crippen LogP contribution in [-0.4, -0.2) is 57.2 Å². The van der Waals surface area contributed by atoms with E-state index in [-0.39, 0.29) is 5.91 Å². The second-order valence-electron chi connectivity index (χ2n) is 8.68. The smallest absolute Gasteiger partial charge is 0.303 e. The van der Waals surface area contributed by atoms with E-state index in [4.69, 9.17) is 14.2 Å². The molecule has 0 fully saturated rings. The predicted octanol–water partition coefficient (Wildman–Crippen LogP) is 5.16. The van der Waals surface area contributed by atoms with Gasteiger partial charge in [0, 0.05) is 24.9 Å². The van der Waals surface area contributed by atoms with Gasteiger partial charge in [0.1, 0.15) is 17.2 Å². The van der Waals surface area contributed by atoms with Crippen LogP contribution in [0.1, 0.15) is 17.7 Å². The van der Waals surface area contributed by atoms with Crippen molar-refractivity contribution in [2.24, 2.45) is 0 Å². The van der Waals surface area contributed by atoms with E-state index in [1.165, 1.54) is 18.7 Å². The Hall–Kier alpha value is -3.49. The second-order valence-corrected chi connectivity index (χ2v) is 9.86. The molecule has 1 aliphatic rings. The summed E-state index contributed by atoms with van der Waals surface area (Å²) in [5.74, 6) is 1.34. The van der Waals surface area contributed by atoms with E-state index in [1.807, 2.05) is 91.8 Å². The molecule has 0 aliphatic carbocycles. The summed E-state index contributed by atoms with van der Waals surface area (Å²) in [6.45, 7) is 2.43. The van der Waals surface area contributed by atoms with Gasteiger partial charge in [0.05, 0.1) is 18.0 Å². The number of hydrogen-bond acceptors (Lipinski definition) is 7. The zero-order valence-electron chi connectivity index (χ0n) is 20.8. The van der Waals surface area contributed by atoms with Crippen LogP contribution >= 0.6 is 11.8 Å². The van der Waals surface area contributed by atoms with Crippen LogP contribution in [0.15, 0.2) is 77.7 Å². The number of ether oxygens (including phenoxy) is 3. The SMILES string of the molecule is COc1ccc([C@H]2Sc3cc(Oc4ccccc4)ccc3N(CCN(C)C)C(=O)[C@H]2OC(C)=O)cc1. The molecule has 0 radical (unpaired) electrons. The number of thioether (sulfide) groups is 1. The molecule has 2 atom stereocenters. The van der Waals surface area contributed by atoms with Gasteiger partial charge in [0.25, 0.3) is 5.91 Å². The number of fused-ring (bicyclic) bond motifs is 1. The summed E-state index contributed by atoms with van der Waals surface area (Å²) < 4.78 is 17.1. The second kappa shape index (κ2) is 11.5. The summed E-state index contributed by atoms with van der Waals surface area (Å²) in [6, 6.07) is 22.7. The molecule has 36 heavy (non-hydrogen) atoms. The molecule has 1 amide bonds. The van der Waals surface area contributed by atoms with Crippen molar-refractivity contribution >= 4 is 29.3 Å². The highest BCUT2D eigenvalue weighted by molar-refractivity contribution is 7.99. The maximum atomic E-state index is 13.9. The lowest BCUT2D eigenvalue weighted by Gasteiger charge is -2.28. The fourth-order valence-corrected chi connectivity index (χ4v) is 5.30. The number of hydrogen-bond donors (Lipinski definition) is 0. The number of likely N-dealkylation sites (N-methyl/N-ethyl adjacent to an activating group) is 1. The van der Waals surface area contributed by atoms with Crippen molar-refractivity contribution in [1.82, 2.24) is 4.90 Å². The summed E-state index contributed by atoms with van der Waals surface area (Å²) in [7, 11) is 5.52. The molecular formula is C28H30N2O5S. The highest BCUT2D eigenvalue weighted by Crippen LogP contribution is 2.48. The van der Waals surface area contributed by atoms with Crippen LogP contribution in [0.5, 0.6) is 17.2 Å². The molecule has 0 spiro atoms. The van der Waals surface area contributed by atoms with Gasteiger partial charge in [-0.05, 0) is 62.1 Å². The van der Waals surface area contributed by atoms with Crippen molar-refractivity contribution in [2.45, 2.75) is 23.2 Å². The molecule has 0 N–H and O–H groups in total. The molecule has 0 aromatic heterocycles. The third-order valence-electron chi connectivity index (χ3n) is 5.75. The van der Waals surface area contributed by atoms with Crippen molar-refractivity contribution in [3.8, 4) is 17.2 Å². The molecule has 3 aromatic rings. The summed E-state index contributed by atoms with van der Waals surface area (Å²) in [4.78, 5) is 30.6. The zero-order chi connectivity index (χ0) is 25.7. The van der Waals surface area contributed by atoms with Crippen LogP contribution in [0.4, 0.5) is 5.69 Å². The minimum absolute atomic E-state index is 0.254. The maximum Gasteiger partial charge on any atom is 0.303 e. The summed E-state index contributed by atoms with van der Waals surface area (Å²) in [5, 5.41) is -0.456. The molecule has 7 nitrogen and oxygen atoms in total. The van der Waals surface area contributed by atoms with E-state index < -0.39 is 17.3 Å². The van der Waals surface area contributed by atoms with E-state index in [1.54, 1.807) is 12.0 Å². The van der Waals surface area contributed by atoms with Crippen molar-refractivity contribution in [1.29, 1.82) is 0 Å². The van der Waals surface area contributed by atoms with E-state index in [9.17, 15) is 9.59 Å². The molecule has 8 heteroatoms. The molecule has 0 saturated carbocycles. The topological polar surface area (TPSA) is 68.3 Å². The highest BCUT2D eigenvalue weighted by atomic mass is 32.2. The summed E-state index contributed by atoms with van der Waals surface area (Å²) in [6.07, 6.45) is -0.992. The van der Waals surface area contributed by atoms with Crippen molar-refractivity contribution < 1.29 is 23.8 Å². The van der Waals surface area contributed by atoms with E-state index in [2.05, 4.69) is 0 Å². The predicted molar refractivity (Wildman–Crippen MR) is 141 cm³/mol. The number of amides is 1. The van der Waals surface area contributed by atoms with Crippen LogP contribution in [0.3, 0.4) is 0 Å². The Morgan fingerprint density at radius 2 is 1.67 bits per heavy atom. The van der Waals surface area contributed by atoms with Gasteiger partial charge in [0.15, 0.2) is 6.10 Å². The van der Waals surface area contributed by atoms with Gasteiger partial charge in [-0.1, -0.05) is 30.3 Å². The number of esters is 1. The lowest BCUT2D eigenvalue weighted by atomic mass is 10.1. The zero-order valence-corrected chi connectivity index (χ0v) is 21.7. The molecule has 0 bridgehead atoms. The maximum absolute atomic E-state index is 13.9. The summed E-state index contributed by atoms with van der Waals surface area (Å²) in [5.41, 5.74) is 1.62. The Morgan fingerprint density at radius 3 is 2.31 bits per heavy atom. The van der Waals surface area contributed by atoms with E-state index in [0.717, 1.165) is 21.9 Å². The third kappa shape index (κ3) is 6.01. The lowest BCUT2D eigenvalue weighted by Crippen LogP contribution is -2.45. The number of nitrogens with zero attached hydrogens (tertiary/aromatic N) is 2. The summed E-state index contributed by atoms with van der Waals surface area (Å²) >= 11 is 1.49. The average Bonchev–Trinajstić information content (AvgIpc) is 2.97. The number of benzene rings is 3. The number of methoxy groups -OCH3 is 1. The minimum Gasteiger partial charge on any atom is -0.497 e. The van der Waals surface area contributed by atoms with Gasteiger partial charge in [-0.15, -0.1) is 11.8 Å². The Kier molecular flexibility index (Phi) is 8.18. The van der Waals surface area contributed by atoms with Gasteiger partial charge in [-0.3, -0.25) is 9.59 Å². The first-order valence-corrected chi connectivity index (χ1v) is 12.5. The monoisotopic (exact) mass is 506 g/mol. The molecule has 1 heterocycles. The first-order chi connectivity index (χ1) is 17.4. The Balaban J connectivity index is 1.78. The Bertz CT molecular complexity index is 1200. The fraction of sp³-hybridized carbons (Fsp3) is 0.286. The van der Waals surface area contributed by atoms with Crippen LogP contribution in [0, 0.1) is 0 Å². The molecular weight excluding hydrogens is 476 g/mol. The number of para-hydroxylation sites is 1. The standard InChI is InChI=1S/C28H30N2O5S/c1-19(31)34-26-27(20-10-12-21(33-4)13-11-20)36-25-18-23(35-22-8-6-5-7-9-22)14-15-24(25)30(28(26)32)17-16-29(2)3/h5-15,18,26-27H,16-17H2,1-4H3/t26-,27+/m0/s1. The van der Waals surface area contributed by atoms with Crippen LogP contribution in [0.2, 0.25) is 0 Å². The van der Waals surface area contributed by atoms with Crippen molar-refractivity contribution in [3.05, 3.63) is 78.4 Å². The molecule has 1 aliphatic heterocycles. The van der Waals surface area contributed by atoms with Gasteiger partial charge < -0.3 is 24.0 Å². The quantitative estimate of drug-likeness (QED) is 0.391. The Morgan fingerprint density at radius 1 is 0.972 bits per heavy atom. The van der Waals surface area contributed by atoms with Gasteiger partial charge >= 0.3 is 5.97 Å². The van der Waals surface area contributed by atoms with Gasteiger partial charge in [-0.2, -0.15) is 0 Å². The molecule has 3 aromatic carbocycles. The van der Waals surface area contributed by atoms with Crippen LogP contribution < -0.4 is 14.4 Å². The normalized spacial score (nSPS) is 17.4. The van der Waals surface area contributed by atoms with E-state index in [0.29, 0.717) is 24.6 Å². The van der Waals surface area contributed by atoms with Crippen LogP contribution in [0.25, 0.3) is 0 Å². The van der Waals surface area contributed by atoms with Gasteiger partial charge in [0.2, 0.25) is 0 Å². The van der Waals surface area contributed by atoms with Gasteiger partial charge in [-0.25, -0.2) is 0 Å². The highest BCUT2D eigenvalue weighted by Gasteiger charge is 2.41. The number of anilines is 1. The minimum atomic E-state index is -0.992. The first-order valence-electron chi connectivity index (χ1n) is 11.7. The van der Waals surface area contributed by atoms with E-state index >= 15 is 0 Å². The largest absolute Gasteiger partial charge is 0.497 e. The lowest BCUT2D eigenvalue weighted by molar-refractivity contribution is -0.152. The molecule has 4 rings (SSSR count).